The van der Waals surface area contributed by atoms with Crippen LogP contribution in [0, 0.1) is 22.7 Å². The maximum Gasteiger partial charge on any atom is 0.350 e. The maximum atomic E-state index is 11.6. The number of carbonyl (C=O) groups is 1. The molecule has 114 valence electrons. The van der Waals surface area contributed by atoms with E-state index in [-0.39, 0.29) is 17.7 Å². The number of benzene rings is 1. The molecule has 0 saturated heterocycles. The van der Waals surface area contributed by atoms with Gasteiger partial charge in [0.2, 0.25) is 0 Å². The van der Waals surface area contributed by atoms with Crippen molar-refractivity contribution in [2.45, 2.75) is 6.92 Å². The first kappa shape index (κ1) is 15.8. The van der Waals surface area contributed by atoms with Gasteiger partial charge in [-0.25, -0.2) is 9.48 Å². The zero-order chi connectivity index (χ0) is 16.7. The highest BCUT2D eigenvalue weighted by Crippen LogP contribution is 2.19. The molecule has 0 fully saturated rings. The second-order valence-corrected chi connectivity index (χ2v) is 4.30. The number of anilines is 1. The van der Waals surface area contributed by atoms with Crippen LogP contribution in [0.4, 0.5) is 5.82 Å². The number of aromatic nitrogens is 2. The van der Waals surface area contributed by atoms with Gasteiger partial charge in [-0.05, 0) is 19.1 Å². The molecule has 7 nitrogen and oxygen atoms in total. The van der Waals surface area contributed by atoms with Crippen LogP contribution in [0.2, 0.25) is 0 Å². The van der Waals surface area contributed by atoms with Crippen molar-refractivity contribution < 1.29 is 9.53 Å². The highest BCUT2D eigenvalue weighted by atomic mass is 16.5. The molecule has 0 aliphatic heterocycles. The van der Waals surface area contributed by atoms with E-state index in [9.17, 15) is 10.1 Å². The summed E-state index contributed by atoms with van der Waals surface area (Å²) in [5.74, 6) is -0.373. The molecule has 7 heteroatoms. The van der Waals surface area contributed by atoms with Gasteiger partial charge in [0.1, 0.15) is 17.7 Å². The molecule has 0 spiro atoms. The minimum Gasteiger partial charge on any atom is -0.462 e. The molecule has 2 aromatic rings. The molecule has 2 rings (SSSR count). The summed E-state index contributed by atoms with van der Waals surface area (Å²) in [5, 5.41) is 25.1. The lowest BCUT2D eigenvalue weighted by Crippen LogP contribution is -2.09. The summed E-state index contributed by atoms with van der Waals surface area (Å²) in [6.45, 7) is 1.82. The van der Waals surface area contributed by atoms with Gasteiger partial charge in [0.15, 0.2) is 11.4 Å². The van der Waals surface area contributed by atoms with E-state index in [1.165, 1.54) is 17.1 Å². The minimum atomic E-state index is -0.730. The summed E-state index contributed by atoms with van der Waals surface area (Å²) in [6.07, 6.45) is 2.61. The Morgan fingerprint density at radius 1 is 1.39 bits per heavy atom. The summed E-state index contributed by atoms with van der Waals surface area (Å²) in [5.41, 5.74) is 0.822. The van der Waals surface area contributed by atoms with Crippen molar-refractivity contribution in [1.29, 1.82) is 10.5 Å². The summed E-state index contributed by atoms with van der Waals surface area (Å²) >= 11 is 0. The van der Waals surface area contributed by atoms with Crippen molar-refractivity contribution in [3.8, 4) is 17.8 Å². The second kappa shape index (κ2) is 7.43. The molecule has 23 heavy (non-hydrogen) atoms. The van der Waals surface area contributed by atoms with Gasteiger partial charge in [0.05, 0.1) is 18.5 Å². The van der Waals surface area contributed by atoms with E-state index in [0.29, 0.717) is 5.82 Å². The Kier molecular flexibility index (Phi) is 5.11. The van der Waals surface area contributed by atoms with Crippen molar-refractivity contribution in [3.63, 3.8) is 0 Å². The highest BCUT2D eigenvalue weighted by Gasteiger charge is 2.13. The lowest BCUT2D eigenvalue weighted by Gasteiger charge is -2.08. The molecule has 1 aromatic carbocycles. The number of ether oxygens (including phenoxy) is 1. The van der Waals surface area contributed by atoms with Crippen LogP contribution in [0.5, 0.6) is 0 Å². The molecule has 1 aromatic heterocycles. The lowest BCUT2D eigenvalue weighted by atomic mass is 10.3. The summed E-state index contributed by atoms with van der Waals surface area (Å²) < 4.78 is 6.29. The van der Waals surface area contributed by atoms with Crippen molar-refractivity contribution in [2.75, 3.05) is 11.9 Å². The second-order valence-electron chi connectivity index (χ2n) is 4.30. The van der Waals surface area contributed by atoms with E-state index in [4.69, 9.17) is 10.00 Å². The van der Waals surface area contributed by atoms with Crippen molar-refractivity contribution in [2.24, 2.45) is 0 Å². The molecular formula is C16H13N5O2. The number of hydrogen-bond acceptors (Lipinski definition) is 6. The van der Waals surface area contributed by atoms with Crippen molar-refractivity contribution in [1.82, 2.24) is 9.78 Å². The molecule has 0 amide bonds. The predicted molar refractivity (Wildman–Crippen MR) is 82.2 cm³/mol. The summed E-state index contributed by atoms with van der Waals surface area (Å²) in [4.78, 5) is 11.6. The molecule has 0 unspecified atom stereocenters. The van der Waals surface area contributed by atoms with Crippen LogP contribution in [0.15, 0.2) is 48.3 Å². The third-order valence-electron chi connectivity index (χ3n) is 2.86. The van der Waals surface area contributed by atoms with Crippen LogP contribution in [0.25, 0.3) is 5.69 Å². The normalized spacial score (nSPS) is 10.5. The van der Waals surface area contributed by atoms with E-state index in [1.54, 1.807) is 13.0 Å². The molecule has 0 bridgehead atoms. The lowest BCUT2D eigenvalue weighted by molar-refractivity contribution is -0.138. The zero-order valence-electron chi connectivity index (χ0n) is 12.4. The Morgan fingerprint density at radius 2 is 2.13 bits per heavy atom. The Hall–Kier alpha value is -3.58. The van der Waals surface area contributed by atoms with Crippen LogP contribution in [-0.4, -0.2) is 22.4 Å². The fraction of sp³-hybridized carbons (Fsp3) is 0.125. The Labute approximate surface area is 133 Å². The topological polar surface area (TPSA) is 104 Å². The number of nitrogens with zero attached hydrogens (tertiary/aromatic N) is 4. The zero-order valence-corrected chi connectivity index (χ0v) is 12.4. The van der Waals surface area contributed by atoms with Crippen molar-refractivity contribution >= 4 is 11.8 Å². The van der Waals surface area contributed by atoms with Crippen LogP contribution in [0.1, 0.15) is 12.5 Å². The smallest absolute Gasteiger partial charge is 0.350 e. The van der Waals surface area contributed by atoms with E-state index >= 15 is 0 Å². The number of nitriles is 2. The summed E-state index contributed by atoms with van der Waals surface area (Å²) in [7, 11) is 0. The van der Waals surface area contributed by atoms with E-state index in [2.05, 4.69) is 10.4 Å². The maximum absolute atomic E-state index is 11.6. The van der Waals surface area contributed by atoms with Gasteiger partial charge in [0, 0.05) is 6.20 Å². The quantitative estimate of drug-likeness (QED) is 0.515. The Bertz CT molecular complexity index is 809. The molecular weight excluding hydrogens is 294 g/mol. The van der Waals surface area contributed by atoms with Crippen molar-refractivity contribution in [3.05, 3.63) is 53.9 Å². The van der Waals surface area contributed by atoms with E-state index in [1.807, 2.05) is 36.4 Å². The third-order valence-corrected chi connectivity index (χ3v) is 2.86. The number of rotatable bonds is 5. The summed E-state index contributed by atoms with van der Waals surface area (Å²) in [6, 6.07) is 12.9. The third kappa shape index (κ3) is 3.55. The fourth-order valence-electron chi connectivity index (χ4n) is 1.82. The SMILES string of the molecule is CCOC(=O)/C(C#N)=C/Nc1c(C#N)cnn1-c1ccccc1. The molecule has 0 radical (unpaired) electrons. The number of nitrogens with one attached hydrogen (secondary N) is 1. The molecule has 0 saturated carbocycles. The fourth-order valence-corrected chi connectivity index (χ4v) is 1.82. The highest BCUT2D eigenvalue weighted by molar-refractivity contribution is 5.93. The molecule has 1 N–H and O–H groups in total. The minimum absolute atomic E-state index is 0.170. The molecule has 0 aliphatic rings. The van der Waals surface area contributed by atoms with Crippen LogP contribution >= 0.6 is 0 Å². The average molecular weight is 307 g/mol. The van der Waals surface area contributed by atoms with Gasteiger partial charge >= 0.3 is 5.97 Å². The van der Waals surface area contributed by atoms with Crippen LogP contribution in [0.3, 0.4) is 0 Å². The van der Waals surface area contributed by atoms with Crippen LogP contribution in [-0.2, 0) is 9.53 Å². The predicted octanol–water partition coefficient (Wildman–Crippen LogP) is 2.13. The largest absolute Gasteiger partial charge is 0.462 e. The Balaban J connectivity index is 2.37. The van der Waals surface area contributed by atoms with Gasteiger partial charge in [-0.1, -0.05) is 18.2 Å². The number of hydrogen-bond donors (Lipinski definition) is 1. The Morgan fingerprint density at radius 3 is 2.74 bits per heavy atom. The van der Waals surface area contributed by atoms with Crippen LogP contribution < -0.4 is 5.32 Å². The first-order chi connectivity index (χ1) is 11.2. The molecule has 0 aliphatic carbocycles. The van der Waals surface area contributed by atoms with Gasteiger partial charge in [-0.2, -0.15) is 15.6 Å². The number of esters is 1. The van der Waals surface area contributed by atoms with Gasteiger partial charge in [-0.15, -0.1) is 0 Å². The standard InChI is InChI=1S/C16H13N5O2/c1-2-23-16(22)13(9-18)10-19-15-12(8-17)11-20-21(15)14-6-4-3-5-7-14/h3-7,10-11,19H,2H2,1H3/b13-10+. The van der Waals surface area contributed by atoms with Gasteiger partial charge < -0.3 is 10.1 Å². The number of para-hydroxylation sites is 1. The molecule has 1 heterocycles. The monoisotopic (exact) mass is 307 g/mol. The van der Waals surface area contributed by atoms with Gasteiger partial charge in [-0.3, -0.25) is 0 Å². The number of carbonyl (C=O) groups excluding carboxylic acids is 1. The molecule has 0 atom stereocenters. The van der Waals surface area contributed by atoms with E-state index in [0.717, 1.165) is 5.69 Å². The first-order valence-corrected chi connectivity index (χ1v) is 6.78. The average Bonchev–Trinajstić information content (AvgIpc) is 2.99. The van der Waals surface area contributed by atoms with E-state index < -0.39 is 5.97 Å². The van der Waals surface area contributed by atoms with Gasteiger partial charge in [0.25, 0.3) is 0 Å². The first-order valence-electron chi connectivity index (χ1n) is 6.78.